The number of hydrogen-bond acceptors (Lipinski definition) is 1. The van der Waals surface area contributed by atoms with Crippen LogP contribution in [-0.4, -0.2) is 6.19 Å². The fraction of sp³-hybridized carbons (Fsp3) is 0.368. The number of aryl methyl sites for hydroxylation is 1. The molecule has 0 aromatic heterocycles. The fourth-order valence-corrected chi connectivity index (χ4v) is 4.52. The van der Waals surface area contributed by atoms with Crippen molar-refractivity contribution in [2.45, 2.75) is 86.7 Å². The quantitative estimate of drug-likeness (QED) is 0.214. The zero-order valence-electron chi connectivity index (χ0n) is 27.2. The molecular weight excluding hydrogens is 548 g/mol. The number of benzene rings is 3. The zero-order valence-corrected chi connectivity index (χ0v) is 29.8. The molecule has 0 N–H and O–H groups in total. The minimum Gasteiger partial charge on any atom is -0.516 e. The van der Waals surface area contributed by atoms with Gasteiger partial charge in [-0.15, -0.1) is 24.6 Å². The minimum absolute atomic E-state index is 0.0303. The Kier molecular flexibility index (Phi) is 16.3. The second-order valence-corrected chi connectivity index (χ2v) is 17.5. The minimum atomic E-state index is 0.0303. The maximum absolute atomic E-state index is 6.06. The molecule has 41 heavy (non-hydrogen) atoms. The van der Waals surface area contributed by atoms with E-state index in [0.717, 1.165) is 22.6 Å². The molecule has 0 amide bonds. The predicted octanol–water partition coefficient (Wildman–Crippen LogP) is 11.4. The van der Waals surface area contributed by atoms with Crippen molar-refractivity contribution in [3.05, 3.63) is 132 Å². The van der Waals surface area contributed by atoms with E-state index >= 15 is 0 Å². The van der Waals surface area contributed by atoms with E-state index in [4.69, 9.17) is 4.74 Å². The molecule has 3 aromatic carbocycles. The summed E-state index contributed by atoms with van der Waals surface area (Å²) >= 11 is 2.38. The molecule has 0 heterocycles. The van der Waals surface area contributed by atoms with Gasteiger partial charge in [0.25, 0.3) is 0 Å². The Morgan fingerprint density at radius 3 is 1.68 bits per heavy atom. The Morgan fingerprint density at radius 2 is 1.37 bits per heavy atom. The standard InChI is InChI=1S/C18H21O.C9H13.C7H7.C4H10Si.Ti/c1-13-11-14(2)17(16(12-13)18(3,4)5)19-15-9-7-6-8-10-15;1-6-5-7(2)9(4)8(6)3;1-7-5-3-2-4-6-7;1-3-5-4-2;/h6-12H,2H2,1,3-5H3;6H,1-4H3;2-6H,1H2;3-4H2,1-2H3;/q3*-1;;. The molecule has 1 atom stereocenters. The van der Waals surface area contributed by atoms with Gasteiger partial charge < -0.3 is 4.74 Å². The van der Waals surface area contributed by atoms with Crippen molar-refractivity contribution in [2.75, 3.05) is 0 Å². The summed E-state index contributed by atoms with van der Waals surface area (Å²) in [7, 11) is 0. The van der Waals surface area contributed by atoms with Gasteiger partial charge in [0.2, 0.25) is 0 Å². The third-order valence-corrected chi connectivity index (χ3v) is 12.0. The molecule has 1 aliphatic rings. The number of ether oxygens (including phenoxy) is 1. The van der Waals surface area contributed by atoms with E-state index in [1.54, 1.807) is 0 Å². The van der Waals surface area contributed by atoms with Crippen LogP contribution in [0.25, 0.3) is 0 Å². The largest absolute Gasteiger partial charge is 0.516 e. The molecule has 0 saturated carbocycles. The molecule has 0 radical (unpaired) electrons. The molecule has 1 nitrogen and oxygen atoms in total. The van der Waals surface area contributed by atoms with E-state index in [-0.39, 0.29) is 11.6 Å². The van der Waals surface area contributed by atoms with Crippen molar-refractivity contribution in [3.8, 4) is 11.5 Å². The maximum Gasteiger partial charge on any atom is 0.110 e. The van der Waals surface area contributed by atoms with Gasteiger partial charge in [-0.2, -0.15) is 54.3 Å². The van der Waals surface area contributed by atoms with Crippen LogP contribution in [0.5, 0.6) is 11.5 Å². The molecule has 3 aromatic rings. The van der Waals surface area contributed by atoms with E-state index in [2.05, 4.69) is 120 Å². The van der Waals surface area contributed by atoms with Crippen molar-refractivity contribution in [1.82, 2.24) is 0 Å². The van der Waals surface area contributed by atoms with E-state index in [0.29, 0.717) is 5.92 Å². The van der Waals surface area contributed by atoms with Crippen LogP contribution in [0, 0.1) is 32.8 Å². The van der Waals surface area contributed by atoms with Crippen LogP contribution in [0.2, 0.25) is 12.1 Å². The van der Waals surface area contributed by atoms with E-state index in [1.165, 1.54) is 39.9 Å². The van der Waals surface area contributed by atoms with Crippen molar-refractivity contribution in [1.29, 1.82) is 0 Å². The average molecular weight is 600 g/mol. The summed E-state index contributed by atoms with van der Waals surface area (Å²) in [6.07, 6.45) is 3.49. The molecule has 0 aliphatic heterocycles. The third-order valence-electron chi connectivity index (χ3n) is 7.01. The first kappa shape index (κ1) is 36.6. The molecule has 0 fully saturated rings. The second-order valence-electron chi connectivity index (χ2n) is 11.6. The number of rotatable bonds is 4. The van der Waals surface area contributed by atoms with Crippen molar-refractivity contribution in [3.63, 3.8) is 0 Å². The topological polar surface area (TPSA) is 9.23 Å². The number of para-hydroxylation sites is 1. The van der Waals surface area contributed by atoms with E-state index < -0.39 is 0 Å². The fourth-order valence-electron chi connectivity index (χ4n) is 4.02. The van der Waals surface area contributed by atoms with Gasteiger partial charge in [0.05, 0.1) is 0 Å². The number of allylic oxidation sites excluding steroid dienone is 4. The van der Waals surface area contributed by atoms with Crippen LogP contribution in [0.15, 0.2) is 89.5 Å². The third kappa shape index (κ3) is 13.4. The Labute approximate surface area is 264 Å². The Balaban J connectivity index is 0.000000316. The van der Waals surface area contributed by atoms with Crippen LogP contribution < -0.4 is 4.74 Å². The van der Waals surface area contributed by atoms with Crippen LogP contribution >= 0.6 is 0 Å². The molecule has 0 spiro atoms. The maximum atomic E-state index is 6.06. The summed E-state index contributed by atoms with van der Waals surface area (Å²) in [4.78, 5) is 0. The van der Waals surface area contributed by atoms with Crippen LogP contribution in [-0.2, 0) is 24.6 Å². The molecule has 0 saturated heterocycles. The summed E-state index contributed by atoms with van der Waals surface area (Å²) in [5, 5.41) is 0. The van der Waals surface area contributed by atoms with Crippen molar-refractivity contribution < 1.29 is 23.9 Å². The number of hydrogen-bond donors (Lipinski definition) is 0. The summed E-state index contributed by atoms with van der Waals surface area (Å²) in [5.74, 6) is 2.29. The zero-order chi connectivity index (χ0) is 31.2. The summed E-state index contributed by atoms with van der Waals surface area (Å²) in [5.41, 5.74) is 8.70. The Bertz CT molecular complexity index is 1280. The first-order chi connectivity index (χ1) is 19.2. The second kappa shape index (κ2) is 18.2. The molecule has 0 bridgehead atoms. The van der Waals surface area contributed by atoms with Gasteiger partial charge in [0, 0.05) is 5.75 Å². The van der Waals surface area contributed by atoms with Gasteiger partial charge in [-0.05, 0) is 17.5 Å². The van der Waals surface area contributed by atoms with Gasteiger partial charge in [-0.1, -0.05) is 90.3 Å². The average Bonchev–Trinajstić information content (AvgIpc) is 3.16. The predicted molar refractivity (Wildman–Crippen MR) is 178 cm³/mol. The first-order valence-electron chi connectivity index (χ1n) is 14.6. The Hall–Kier alpha value is -2.39. The molecular formula is C38H51OSiTi-3. The smallest absolute Gasteiger partial charge is 0.110 e. The summed E-state index contributed by atoms with van der Waals surface area (Å²) in [6.45, 7) is 29.7. The van der Waals surface area contributed by atoms with E-state index in [9.17, 15) is 0 Å². The summed E-state index contributed by atoms with van der Waals surface area (Å²) in [6, 6.07) is 26.9. The van der Waals surface area contributed by atoms with Gasteiger partial charge in [-0.25, -0.2) is 5.57 Å². The molecule has 4 rings (SSSR count). The van der Waals surface area contributed by atoms with Gasteiger partial charge >= 0.3 is 51.3 Å². The monoisotopic (exact) mass is 599 g/mol. The molecule has 1 aliphatic carbocycles. The van der Waals surface area contributed by atoms with Gasteiger partial charge in [0.15, 0.2) is 0 Å². The SMILES string of the molecule is CC1=[C-]C(C)C(C)=C1C.CC[Si](=[Ti])CC.[CH2-]c1cc(C)cc(C(C)(C)C)c1Oc1ccccc1.[CH2-]c1ccccc1. The van der Waals surface area contributed by atoms with Gasteiger partial charge in [-0.3, -0.25) is 6.08 Å². The first-order valence-corrected chi connectivity index (χ1v) is 18.9. The van der Waals surface area contributed by atoms with Gasteiger partial charge in [0.1, 0.15) is 5.75 Å². The van der Waals surface area contributed by atoms with Crippen molar-refractivity contribution >= 4 is 6.19 Å². The Morgan fingerprint density at radius 1 is 0.854 bits per heavy atom. The summed E-state index contributed by atoms with van der Waals surface area (Å²) < 4.78 is 6.06. The van der Waals surface area contributed by atoms with Crippen LogP contribution in [0.3, 0.4) is 0 Å². The van der Waals surface area contributed by atoms with Crippen LogP contribution in [0.1, 0.15) is 84.6 Å². The molecule has 3 heteroatoms. The van der Waals surface area contributed by atoms with E-state index in [1.807, 2.05) is 60.7 Å². The normalized spacial score (nSPS) is 13.9. The molecule has 1 unspecified atom stereocenters. The molecule has 220 valence electrons. The van der Waals surface area contributed by atoms with Crippen LogP contribution in [0.4, 0.5) is 0 Å². The van der Waals surface area contributed by atoms with Crippen molar-refractivity contribution in [2.24, 2.45) is 5.92 Å².